The summed E-state index contributed by atoms with van der Waals surface area (Å²) in [6.45, 7) is 6.22. The zero-order valence-corrected chi connectivity index (χ0v) is 16.9. The molecule has 0 unspecified atom stereocenters. The SMILES string of the molecule is CC(=O)N1c2ccc(S(=O)(=O)N3CCCCC3)cc2C[C@@H]1C(=O)NC(C)C. The van der Waals surface area contributed by atoms with E-state index in [1.807, 2.05) is 13.8 Å². The van der Waals surface area contributed by atoms with Gasteiger partial charge in [-0.2, -0.15) is 4.31 Å². The number of hydrogen-bond donors (Lipinski definition) is 1. The molecule has 3 rings (SSSR count). The Balaban J connectivity index is 1.92. The Morgan fingerprint density at radius 2 is 1.81 bits per heavy atom. The largest absolute Gasteiger partial charge is 0.352 e. The van der Waals surface area contributed by atoms with Gasteiger partial charge in [0.15, 0.2) is 0 Å². The lowest BCUT2D eigenvalue weighted by molar-refractivity contribution is -0.125. The van der Waals surface area contributed by atoms with Crippen LogP contribution in [0.1, 0.15) is 45.6 Å². The molecule has 0 radical (unpaired) electrons. The van der Waals surface area contributed by atoms with E-state index in [2.05, 4.69) is 5.32 Å². The van der Waals surface area contributed by atoms with Crippen LogP contribution in [0.25, 0.3) is 0 Å². The predicted octanol–water partition coefficient (Wildman–Crippen LogP) is 1.66. The number of anilines is 1. The molecule has 27 heavy (non-hydrogen) atoms. The van der Waals surface area contributed by atoms with Crippen LogP contribution in [-0.2, 0) is 26.0 Å². The number of carbonyl (C=O) groups is 2. The fraction of sp³-hybridized carbons (Fsp3) is 0.579. The Hall–Kier alpha value is -1.93. The van der Waals surface area contributed by atoms with Gasteiger partial charge in [-0.1, -0.05) is 6.42 Å². The first-order valence-corrected chi connectivity index (χ1v) is 10.9. The van der Waals surface area contributed by atoms with Crippen LogP contribution in [0.3, 0.4) is 0 Å². The molecule has 0 aromatic heterocycles. The normalized spacial score (nSPS) is 20.6. The maximum Gasteiger partial charge on any atom is 0.243 e. The van der Waals surface area contributed by atoms with Gasteiger partial charge >= 0.3 is 0 Å². The van der Waals surface area contributed by atoms with Crippen LogP contribution in [0.2, 0.25) is 0 Å². The highest BCUT2D eigenvalue weighted by molar-refractivity contribution is 7.89. The summed E-state index contributed by atoms with van der Waals surface area (Å²) < 4.78 is 27.4. The average Bonchev–Trinajstić information content (AvgIpc) is 3.01. The molecule has 0 bridgehead atoms. The van der Waals surface area contributed by atoms with E-state index >= 15 is 0 Å². The fourth-order valence-corrected chi connectivity index (χ4v) is 5.39. The number of piperidine rings is 1. The molecule has 0 aliphatic carbocycles. The van der Waals surface area contributed by atoms with Crippen LogP contribution >= 0.6 is 0 Å². The zero-order valence-electron chi connectivity index (χ0n) is 16.1. The Morgan fingerprint density at radius 1 is 1.15 bits per heavy atom. The summed E-state index contributed by atoms with van der Waals surface area (Å²) in [5, 5.41) is 2.84. The first kappa shape index (κ1) is 19.8. The van der Waals surface area contributed by atoms with E-state index < -0.39 is 16.1 Å². The minimum absolute atomic E-state index is 0.0370. The van der Waals surface area contributed by atoms with Crippen molar-refractivity contribution in [2.75, 3.05) is 18.0 Å². The van der Waals surface area contributed by atoms with Crippen LogP contribution in [0.15, 0.2) is 23.1 Å². The van der Waals surface area contributed by atoms with Crippen molar-refractivity contribution in [3.05, 3.63) is 23.8 Å². The highest BCUT2D eigenvalue weighted by Gasteiger charge is 2.38. The van der Waals surface area contributed by atoms with E-state index in [-0.39, 0.29) is 22.8 Å². The van der Waals surface area contributed by atoms with Gasteiger partial charge in [0, 0.05) is 38.2 Å². The van der Waals surface area contributed by atoms with E-state index in [1.165, 1.54) is 16.1 Å². The van der Waals surface area contributed by atoms with Crippen LogP contribution in [0, 0.1) is 0 Å². The van der Waals surface area contributed by atoms with Crippen molar-refractivity contribution >= 4 is 27.5 Å². The highest BCUT2D eigenvalue weighted by atomic mass is 32.2. The quantitative estimate of drug-likeness (QED) is 0.843. The van der Waals surface area contributed by atoms with Gasteiger partial charge in [0.25, 0.3) is 0 Å². The second-order valence-electron chi connectivity index (χ2n) is 7.53. The highest BCUT2D eigenvalue weighted by Crippen LogP contribution is 2.35. The van der Waals surface area contributed by atoms with E-state index in [0.717, 1.165) is 19.3 Å². The average molecular weight is 394 g/mol. The maximum atomic E-state index is 12.9. The topological polar surface area (TPSA) is 86.8 Å². The molecule has 0 spiro atoms. The molecule has 1 aromatic carbocycles. The van der Waals surface area contributed by atoms with E-state index in [1.54, 1.807) is 18.2 Å². The minimum Gasteiger partial charge on any atom is -0.352 e. The van der Waals surface area contributed by atoms with Crippen molar-refractivity contribution in [2.24, 2.45) is 0 Å². The number of benzene rings is 1. The lowest BCUT2D eigenvalue weighted by Crippen LogP contribution is -2.49. The summed E-state index contributed by atoms with van der Waals surface area (Å²) in [6, 6.07) is 4.13. The second kappa shape index (κ2) is 7.59. The van der Waals surface area contributed by atoms with Gasteiger partial charge in [0.2, 0.25) is 21.8 Å². The zero-order chi connectivity index (χ0) is 19.8. The number of rotatable bonds is 4. The van der Waals surface area contributed by atoms with Crippen molar-refractivity contribution in [1.29, 1.82) is 0 Å². The van der Waals surface area contributed by atoms with Gasteiger partial charge in [-0.15, -0.1) is 0 Å². The molecule has 1 atom stereocenters. The summed E-state index contributed by atoms with van der Waals surface area (Å²) in [7, 11) is -3.55. The van der Waals surface area contributed by atoms with Crippen molar-refractivity contribution in [2.45, 2.75) is 63.4 Å². The Bertz CT molecular complexity index is 845. The summed E-state index contributed by atoms with van der Waals surface area (Å²) in [5.41, 5.74) is 1.33. The number of nitrogens with zero attached hydrogens (tertiary/aromatic N) is 2. The van der Waals surface area contributed by atoms with Crippen molar-refractivity contribution in [1.82, 2.24) is 9.62 Å². The Morgan fingerprint density at radius 3 is 2.41 bits per heavy atom. The number of sulfonamides is 1. The lowest BCUT2D eigenvalue weighted by Gasteiger charge is -2.26. The number of fused-ring (bicyclic) bond motifs is 1. The molecule has 1 aromatic rings. The van der Waals surface area contributed by atoms with Gasteiger partial charge in [0.1, 0.15) is 6.04 Å². The summed E-state index contributed by atoms with van der Waals surface area (Å²) >= 11 is 0. The minimum atomic E-state index is -3.55. The molecule has 8 heteroatoms. The van der Waals surface area contributed by atoms with Crippen LogP contribution < -0.4 is 10.2 Å². The third kappa shape index (κ3) is 3.87. The summed E-state index contributed by atoms with van der Waals surface area (Å²) in [4.78, 5) is 26.4. The number of hydrogen-bond acceptors (Lipinski definition) is 4. The molecule has 148 valence electrons. The molecule has 2 amide bonds. The third-order valence-corrected chi connectivity index (χ3v) is 6.96. The second-order valence-corrected chi connectivity index (χ2v) is 9.47. The summed E-state index contributed by atoms with van der Waals surface area (Å²) in [6.07, 6.45) is 3.12. The molecular weight excluding hydrogens is 366 g/mol. The smallest absolute Gasteiger partial charge is 0.243 e. The van der Waals surface area contributed by atoms with Crippen LogP contribution in [0.5, 0.6) is 0 Å². The number of amides is 2. The fourth-order valence-electron chi connectivity index (χ4n) is 3.82. The third-order valence-electron chi connectivity index (χ3n) is 5.06. The van der Waals surface area contributed by atoms with E-state index in [4.69, 9.17) is 0 Å². The van der Waals surface area contributed by atoms with Crippen molar-refractivity contribution in [3.8, 4) is 0 Å². The van der Waals surface area contributed by atoms with Crippen LogP contribution in [0.4, 0.5) is 5.69 Å². The molecular formula is C19H27N3O4S. The predicted molar refractivity (Wildman–Crippen MR) is 103 cm³/mol. The number of carbonyl (C=O) groups excluding carboxylic acids is 2. The molecule has 2 aliphatic rings. The van der Waals surface area contributed by atoms with Gasteiger partial charge in [-0.25, -0.2) is 8.42 Å². The monoisotopic (exact) mass is 393 g/mol. The van der Waals surface area contributed by atoms with Crippen LogP contribution in [-0.4, -0.2) is 49.7 Å². The molecule has 0 saturated carbocycles. The summed E-state index contributed by atoms with van der Waals surface area (Å²) in [5.74, 6) is -0.457. The van der Waals surface area contributed by atoms with Crippen molar-refractivity contribution < 1.29 is 18.0 Å². The van der Waals surface area contributed by atoms with E-state index in [9.17, 15) is 18.0 Å². The first-order chi connectivity index (χ1) is 12.7. The lowest BCUT2D eigenvalue weighted by atomic mass is 10.1. The van der Waals surface area contributed by atoms with Crippen molar-refractivity contribution in [3.63, 3.8) is 0 Å². The number of nitrogens with one attached hydrogen (secondary N) is 1. The standard InChI is InChI=1S/C19H27N3O4S/c1-13(2)20-19(24)18-12-15-11-16(7-8-17(15)22(18)14(3)23)27(25,26)21-9-5-4-6-10-21/h7-8,11,13,18H,4-6,9-10,12H2,1-3H3,(H,20,24)/t18-/m1/s1. The Labute approximate surface area is 160 Å². The maximum absolute atomic E-state index is 12.9. The van der Waals surface area contributed by atoms with E-state index in [0.29, 0.717) is 30.8 Å². The van der Waals surface area contributed by atoms with Gasteiger partial charge in [-0.05, 0) is 50.5 Å². The van der Waals surface area contributed by atoms with Gasteiger partial charge in [0.05, 0.1) is 4.90 Å². The molecule has 7 nitrogen and oxygen atoms in total. The Kier molecular flexibility index (Phi) is 5.58. The molecule has 1 N–H and O–H groups in total. The van der Waals surface area contributed by atoms with Gasteiger partial charge < -0.3 is 5.32 Å². The molecule has 1 saturated heterocycles. The molecule has 2 aliphatic heterocycles. The molecule has 1 fully saturated rings. The molecule has 2 heterocycles. The van der Waals surface area contributed by atoms with Gasteiger partial charge in [-0.3, -0.25) is 14.5 Å². The first-order valence-electron chi connectivity index (χ1n) is 9.45.